The Balaban J connectivity index is 1.57. The number of amides is 1. The van der Waals surface area contributed by atoms with E-state index in [1.54, 1.807) is 19.0 Å². The fourth-order valence-electron chi connectivity index (χ4n) is 5.03. The average Bonchev–Trinajstić information content (AvgIpc) is 3.05. The Kier molecular flexibility index (Phi) is 3.99. The minimum atomic E-state index is 0.0598. The lowest BCUT2D eigenvalue weighted by molar-refractivity contribution is -0.0967. The molecule has 0 radical (unpaired) electrons. The fourth-order valence-corrected chi connectivity index (χ4v) is 5.03. The van der Waals surface area contributed by atoms with Crippen LogP contribution in [0.5, 0.6) is 0 Å². The van der Waals surface area contributed by atoms with Gasteiger partial charge in [0.05, 0.1) is 5.54 Å². The van der Waals surface area contributed by atoms with Gasteiger partial charge in [-0.1, -0.05) is 26.0 Å². The molecule has 4 nitrogen and oxygen atoms in total. The zero-order valence-corrected chi connectivity index (χ0v) is 16.3. The first kappa shape index (κ1) is 17.3. The van der Waals surface area contributed by atoms with Crippen LogP contribution in [0.15, 0.2) is 42.6 Å². The Morgan fingerprint density at radius 1 is 1.08 bits per heavy atom. The van der Waals surface area contributed by atoms with Crippen LogP contribution in [-0.4, -0.2) is 40.9 Å². The molecular weight excluding hydrogens is 322 g/mol. The number of rotatable bonds is 3. The Labute approximate surface area is 156 Å². The lowest BCUT2D eigenvalue weighted by Crippen LogP contribution is -2.61. The second-order valence-electron chi connectivity index (χ2n) is 8.95. The second-order valence-corrected chi connectivity index (χ2v) is 8.95. The van der Waals surface area contributed by atoms with Crippen molar-refractivity contribution in [3.8, 4) is 0 Å². The average molecular weight is 351 g/mol. The van der Waals surface area contributed by atoms with E-state index < -0.39 is 0 Å². The first-order chi connectivity index (χ1) is 12.3. The molecule has 4 rings (SSSR count). The van der Waals surface area contributed by atoms with E-state index in [4.69, 9.17) is 0 Å². The lowest BCUT2D eigenvalue weighted by atomic mass is 9.56. The molecule has 1 aliphatic heterocycles. The number of benzene rings is 1. The zero-order valence-electron chi connectivity index (χ0n) is 16.3. The monoisotopic (exact) mass is 351 g/mol. The predicted octanol–water partition coefficient (Wildman–Crippen LogP) is 3.72. The predicted molar refractivity (Wildman–Crippen MR) is 104 cm³/mol. The van der Waals surface area contributed by atoms with Gasteiger partial charge in [0.25, 0.3) is 5.91 Å². The molecule has 1 aliphatic carbocycles. The minimum Gasteiger partial charge on any atom is -0.348 e. The van der Waals surface area contributed by atoms with Crippen molar-refractivity contribution in [3.63, 3.8) is 0 Å². The van der Waals surface area contributed by atoms with Crippen molar-refractivity contribution in [2.45, 2.75) is 45.3 Å². The maximum atomic E-state index is 12.1. The largest absolute Gasteiger partial charge is 0.348 e. The van der Waals surface area contributed by atoms with Crippen LogP contribution in [-0.2, 0) is 18.6 Å². The lowest BCUT2D eigenvalue weighted by Gasteiger charge is -2.60. The number of nitrogens with zero attached hydrogens (tertiary/aromatic N) is 3. The van der Waals surface area contributed by atoms with Gasteiger partial charge >= 0.3 is 0 Å². The van der Waals surface area contributed by atoms with Crippen LogP contribution < -0.4 is 0 Å². The molecule has 2 aliphatic rings. The molecule has 1 aromatic carbocycles. The summed E-state index contributed by atoms with van der Waals surface area (Å²) in [4.78, 5) is 16.4. The molecule has 0 unspecified atom stereocenters. The van der Waals surface area contributed by atoms with Crippen LogP contribution in [0.2, 0.25) is 0 Å². The molecule has 1 fully saturated rings. The highest BCUT2D eigenvalue weighted by atomic mass is 16.2. The van der Waals surface area contributed by atoms with E-state index >= 15 is 0 Å². The highest BCUT2D eigenvalue weighted by Crippen LogP contribution is 2.58. The SMILES string of the molecule is CN(C)C(=O)c1ccc(CN2CCn3cccc3C23CC(C)(C)C3)cc1. The quantitative estimate of drug-likeness (QED) is 0.843. The molecule has 1 saturated carbocycles. The van der Waals surface area contributed by atoms with Crippen LogP contribution in [0.1, 0.15) is 48.3 Å². The second kappa shape index (κ2) is 5.98. The van der Waals surface area contributed by atoms with Gasteiger partial charge in [0, 0.05) is 51.2 Å². The van der Waals surface area contributed by atoms with Crippen LogP contribution in [0.4, 0.5) is 0 Å². The molecule has 1 spiro atoms. The summed E-state index contributed by atoms with van der Waals surface area (Å²) in [6.45, 7) is 7.83. The molecule has 0 bridgehead atoms. The van der Waals surface area contributed by atoms with Crippen molar-refractivity contribution in [1.29, 1.82) is 0 Å². The van der Waals surface area contributed by atoms with E-state index in [1.165, 1.54) is 24.1 Å². The van der Waals surface area contributed by atoms with Crippen LogP contribution in [0.25, 0.3) is 0 Å². The van der Waals surface area contributed by atoms with Gasteiger partial charge < -0.3 is 9.47 Å². The molecule has 0 atom stereocenters. The number of carbonyl (C=O) groups is 1. The van der Waals surface area contributed by atoms with Crippen LogP contribution in [0, 0.1) is 5.41 Å². The zero-order chi connectivity index (χ0) is 18.5. The van der Waals surface area contributed by atoms with E-state index in [0.29, 0.717) is 5.41 Å². The molecule has 1 aromatic heterocycles. The van der Waals surface area contributed by atoms with E-state index in [0.717, 1.165) is 25.2 Å². The van der Waals surface area contributed by atoms with Gasteiger partial charge in [-0.3, -0.25) is 9.69 Å². The van der Waals surface area contributed by atoms with Crippen LogP contribution >= 0.6 is 0 Å². The summed E-state index contributed by atoms with van der Waals surface area (Å²) in [5.74, 6) is 0.0598. The maximum Gasteiger partial charge on any atom is 0.253 e. The molecule has 0 N–H and O–H groups in total. The van der Waals surface area contributed by atoms with Crippen LogP contribution in [0.3, 0.4) is 0 Å². The summed E-state index contributed by atoms with van der Waals surface area (Å²) in [6.07, 6.45) is 4.64. The van der Waals surface area contributed by atoms with Gasteiger partial charge in [-0.05, 0) is 48.1 Å². The summed E-state index contributed by atoms with van der Waals surface area (Å²) in [7, 11) is 3.59. The molecule has 26 heavy (non-hydrogen) atoms. The summed E-state index contributed by atoms with van der Waals surface area (Å²) in [5.41, 5.74) is 4.09. The molecule has 2 aromatic rings. The van der Waals surface area contributed by atoms with E-state index in [2.05, 4.69) is 53.8 Å². The molecular formula is C22H29N3O. The number of hydrogen-bond acceptors (Lipinski definition) is 2. The molecule has 2 heterocycles. The van der Waals surface area contributed by atoms with Gasteiger partial charge in [-0.2, -0.15) is 0 Å². The van der Waals surface area contributed by atoms with Crippen molar-refractivity contribution in [1.82, 2.24) is 14.4 Å². The molecule has 4 heteroatoms. The van der Waals surface area contributed by atoms with Crippen molar-refractivity contribution in [2.75, 3.05) is 20.6 Å². The summed E-state index contributed by atoms with van der Waals surface area (Å²) in [6, 6.07) is 12.6. The molecule has 138 valence electrons. The Morgan fingerprint density at radius 3 is 2.38 bits per heavy atom. The Hall–Kier alpha value is -2.07. The third-order valence-electron chi connectivity index (χ3n) is 6.04. The number of carbonyl (C=O) groups excluding carboxylic acids is 1. The van der Waals surface area contributed by atoms with Gasteiger partial charge in [0.15, 0.2) is 0 Å². The van der Waals surface area contributed by atoms with Gasteiger partial charge in [-0.25, -0.2) is 0 Å². The first-order valence-electron chi connectivity index (χ1n) is 9.52. The highest BCUT2D eigenvalue weighted by molar-refractivity contribution is 5.93. The first-order valence-corrected chi connectivity index (χ1v) is 9.52. The smallest absolute Gasteiger partial charge is 0.253 e. The van der Waals surface area contributed by atoms with Crippen molar-refractivity contribution in [3.05, 3.63) is 59.4 Å². The molecule has 0 saturated heterocycles. The summed E-state index contributed by atoms with van der Waals surface area (Å²) in [5, 5.41) is 0. The van der Waals surface area contributed by atoms with Crippen molar-refractivity contribution in [2.24, 2.45) is 5.41 Å². The summed E-state index contributed by atoms with van der Waals surface area (Å²) >= 11 is 0. The molecule has 1 amide bonds. The van der Waals surface area contributed by atoms with Gasteiger partial charge in [0.1, 0.15) is 0 Å². The Bertz CT molecular complexity index is 808. The maximum absolute atomic E-state index is 12.1. The van der Waals surface area contributed by atoms with Crippen molar-refractivity contribution >= 4 is 5.91 Å². The minimum absolute atomic E-state index is 0.0598. The van der Waals surface area contributed by atoms with Gasteiger partial charge in [0.2, 0.25) is 0 Å². The highest BCUT2D eigenvalue weighted by Gasteiger charge is 2.55. The number of hydrogen-bond donors (Lipinski definition) is 0. The number of aromatic nitrogens is 1. The Morgan fingerprint density at radius 2 is 1.77 bits per heavy atom. The summed E-state index contributed by atoms with van der Waals surface area (Å²) < 4.78 is 2.44. The van der Waals surface area contributed by atoms with E-state index in [-0.39, 0.29) is 11.4 Å². The fraction of sp³-hybridized carbons (Fsp3) is 0.500. The third-order valence-corrected chi connectivity index (χ3v) is 6.04. The topological polar surface area (TPSA) is 28.5 Å². The third kappa shape index (κ3) is 2.77. The number of fused-ring (bicyclic) bond motifs is 2. The normalized spacial score (nSPS) is 20.5. The standard InChI is InChI=1S/C22H29N3O/c1-21(2)15-22(16-21)19-6-5-11-24(19)12-13-25(22)14-17-7-9-18(10-8-17)20(26)23(3)4/h5-11H,12-16H2,1-4H3. The van der Waals surface area contributed by atoms with E-state index in [9.17, 15) is 4.79 Å². The van der Waals surface area contributed by atoms with Gasteiger partial charge in [-0.15, -0.1) is 0 Å². The van der Waals surface area contributed by atoms with E-state index in [1.807, 2.05) is 12.1 Å². The van der Waals surface area contributed by atoms with Crippen molar-refractivity contribution < 1.29 is 4.79 Å².